The zero-order valence-corrected chi connectivity index (χ0v) is 17.0. The number of benzene rings is 3. The number of carbonyl (C=O) groups is 1. The predicted molar refractivity (Wildman–Crippen MR) is 115 cm³/mol. The molecular weight excluding hydrogens is 384 g/mol. The van der Waals surface area contributed by atoms with E-state index in [1.54, 1.807) is 28.6 Å². The van der Waals surface area contributed by atoms with Gasteiger partial charge in [0.2, 0.25) is 15.9 Å². The van der Waals surface area contributed by atoms with Gasteiger partial charge in [0.15, 0.2) is 0 Å². The Labute approximate surface area is 171 Å². The van der Waals surface area contributed by atoms with Gasteiger partial charge in [-0.05, 0) is 42.0 Å². The summed E-state index contributed by atoms with van der Waals surface area (Å²) in [5.41, 5.74) is 1.55. The van der Waals surface area contributed by atoms with Crippen LogP contribution >= 0.6 is 0 Å². The normalized spacial score (nSPS) is 15.3. The maximum absolute atomic E-state index is 12.7. The topological polar surface area (TPSA) is 66.5 Å². The molecule has 1 N–H and O–H groups in total. The van der Waals surface area contributed by atoms with Crippen molar-refractivity contribution in [1.82, 2.24) is 4.31 Å². The highest BCUT2D eigenvalue weighted by molar-refractivity contribution is 7.89. The van der Waals surface area contributed by atoms with Crippen molar-refractivity contribution in [3.8, 4) is 0 Å². The summed E-state index contributed by atoms with van der Waals surface area (Å²) >= 11 is 0. The Morgan fingerprint density at radius 2 is 1.55 bits per heavy atom. The van der Waals surface area contributed by atoms with Crippen molar-refractivity contribution in [1.29, 1.82) is 0 Å². The van der Waals surface area contributed by atoms with E-state index >= 15 is 0 Å². The number of nitrogens with one attached hydrogen (secondary N) is 1. The van der Waals surface area contributed by atoms with E-state index in [0.29, 0.717) is 13.1 Å². The van der Waals surface area contributed by atoms with E-state index < -0.39 is 10.0 Å². The minimum atomic E-state index is -3.45. The summed E-state index contributed by atoms with van der Waals surface area (Å²) in [5, 5.41) is 5.02. The molecule has 1 amide bonds. The van der Waals surface area contributed by atoms with Crippen LogP contribution in [-0.2, 0) is 21.2 Å². The number of hydrogen-bond donors (Lipinski definition) is 1. The molecule has 0 unspecified atom stereocenters. The SMILES string of the molecule is O=C(Cc1ccc(S(=O)(=O)N2CCCCC2)cc1)Nc1cccc2ccccc12. The number of anilines is 1. The van der Waals surface area contributed by atoms with Crippen molar-refractivity contribution < 1.29 is 13.2 Å². The average Bonchev–Trinajstić information content (AvgIpc) is 2.75. The number of rotatable bonds is 5. The van der Waals surface area contributed by atoms with E-state index in [9.17, 15) is 13.2 Å². The molecule has 1 fully saturated rings. The van der Waals surface area contributed by atoms with Crippen molar-refractivity contribution >= 4 is 32.4 Å². The summed E-state index contributed by atoms with van der Waals surface area (Å²) in [7, 11) is -3.45. The number of sulfonamides is 1. The minimum absolute atomic E-state index is 0.131. The summed E-state index contributed by atoms with van der Waals surface area (Å²) in [6, 6.07) is 20.3. The molecule has 1 saturated heterocycles. The first-order valence-electron chi connectivity index (χ1n) is 9.91. The standard InChI is InChI=1S/C23H24N2O3S/c26-23(24-22-10-6-8-19-7-2-3-9-21(19)22)17-18-11-13-20(14-12-18)29(27,28)25-15-4-1-5-16-25/h2-3,6-14H,1,4-5,15-17H2,(H,24,26). The molecule has 0 saturated carbocycles. The van der Waals surface area contributed by atoms with Crippen LogP contribution in [0.4, 0.5) is 5.69 Å². The second-order valence-electron chi connectivity index (χ2n) is 7.36. The first-order chi connectivity index (χ1) is 14.0. The van der Waals surface area contributed by atoms with Crippen LogP contribution in [0.15, 0.2) is 71.6 Å². The lowest BCUT2D eigenvalue weighted by molar-refractivity contribution is -0.115. The summed E-state index contributed by atoms with van der Waals surface area (Å²) in [6.07, 6.45) is 3.08. The molecule has 0 spiro atoms. The van der Waals surface area contributed by atoms with Crippen molar-refractivity contribution in [3.63, 3.8) is 0 Å². The Balaban J connectivity index is 1.45. The lowest BCUT2D eigenvalue weighted by Crippen LogP contribution is -2.35. The molecule has 0 radical (unpaired) electrons. The van der Waals surface area contributed by atoms with Crippen molar-refractivity contribution in [3.05, 3.63) is 72.3 Å². The predicted octanol–water partition coefficient (Wildman–Crippen LogP) is 4.20. The number of nitrogens with zero attached hydrogens (tertiary/aromatic N) is 1. The molecule has 0 atom stereocenters. The Morgan fingerprint density at radius 1 is 0.862 bits per heavy atom. The smallest absolute Gasteiger partial charge is 0.243 e. The first kappa shape index (κ1) is 19.6. The van der Waals surface area contributed by atoms with Gasteiger partial charge in [0, 0.05) is 24.2 Å². The van der Waals surface area contributed by atoms with E-state index in [-0.39, 0.29) is 17.2 Å². The summed E-state index contributed by atoms with van der Waals surface area (Å²) in [4.78, 5) is 12.8. The van der Waals surface area contributed by atoms with Crippen LogP contribution in [0.2, 0.25) is 0 Å². The molecule has 3 aromatic carbocycles. The van der Waals surface area contributed by atoms with Crippen LogP contribution in [0.5, 0.6) is 0 Å². The lowest BCUT2D eigenvalue weighted by Gasteiger charge is -2.25. The van der Waals surface area contributed by atoms with Gasteiger partial charge in [0.1, 0.15) is 0 Å². The molecule has 1 heterocycles. The van der Waals surface area contributed by atoms with E-state index in [2.05, 4.69) is 5.32 Å². The van der Waals surface area contributed by atoms with Crippen LogP contribution in [0, 0.1) is 0 Å². The number of carbonyl (C=O) groups excluding carboxylic acids is 1. The third kappa shape index (κ3) is 4.33. The maximum atomic E-state index is 12.7. The largest absolute Gasteiger partial charge is 0.325 e. The van der Waals surface area contributed by atoms with E-state index in [1.807, 2.05) is 42.5 Å². The second kappa shape index (κ2) is 8.35. The molecule has 5 nitrogen and oxygen atoms in total. The fraction of sp³-hybridized carbons (Fsp3) is 0.261. The monoisotopic (exact) mass is 408 g/mol. The van der Waals surface area contributed by atoms with Gasteiger partial charge < -0.3 is 5.32 Å². The van der Waals surface area contributed by atoms with Gasteiger partial charge in [-0.15, -0.1) is 0 Å². The summed E-state index contributed by atoms with van der Waals surface area (Å²) in [6.45, 7) is 1.16. The van der Waals surface area contributed by atoms with E-state index in [4.69, 9.17) is 0 Å². The molecule has 1 aliphatic rings. The molecule has 0 bridgehead atoms. The molecule has 150 valence electrons. The van der Waals surface area contributed by atoms with Gasteiger partial charge in [0.05, 0.1) is 11.3 Å². The quantitative estimate of drug-likeness (QED) is 0.688. The molecule has 0 aliphatic carbocycles. The van der Waals surface area contributed by atoms with Crippen LogP contribution in [0.3, 0.4) is 0 Å². The number of amides is 1. The highest BCUT2D eigenvalue weighted by Crippen LogP contribution is 2.24. The number of fused-ring (bicyclic) bond motifs is 1. The lowest BCUT2D eigenvalue weighted by atomic mass is 10.1. The first-order valence-corrected chi connectivity index (χ1v) is 11.3. The molecule has 29 heavy (non-hydrogen) atoms. The van der Waals surface area contributed by atoms with Crippen molar-refractivity contribution in [2.24, 2.45) is 0 Å². The van der Waals surface area contributed by atoms with E-state index in [0.717, 1.165) is 41.3 Å². The summed E-state index contributed by atoms with van der Waals surface area (Å²) in [5.74, 6) is -0.131. The highest BCUT2D eigenvalue weighted by Gasteiger charge is 2.25. The van der Waals surface area contributed by atoms with Crippen molar-refractivity contribution in [2.75, 3.05) is 18.4 Å². The van der Waals surface area contributed by atoms with Crippen molar-refractivity contribution in [2.45, 2.75) is 30.6 Å². The van der Waals surface area contributed by atoms with Gasteiger partial charge in [-0.2, -0.15) is 4.31 Å². The number of hydrogen-bond acceptors (Lipinski definition) is 3. The maximum Gasteiger partial charge on any atom is 0.243 e. The van der Waals surface area contributed by atoms with Crippen LogP contribution in [-0.4, -0.2) is 31.7 Å². The Bertz CT molecular complexity index is 1110. The van der Waals surface area contributed by atoms with E-state index in [1.165, 1.54) is 0 Å². The van der Waals surface area contributed by atoms with Gasteiger partial charge in [-0.1, -0.05) is 55.0 Å². The molecule has 3 aromatic rings. The zero-order chi connectivity index (χ0) is 20.3. The van der Waals surface area contributed by atoms with Crippen LogP contribution in [0.1, 0.15) is 24.8 Å². The zero-order valence-electron chi connectivity index (χ0n) is 16.2. The van der Waals surface area contributed by atoms with Gasteiger partial charge in [-0.3, -0.25) is 4.79 Å². The number of piperidine rings is 1. The molecule has 1 aliphatic heterocycles. The minimum Gasteiger partial charge on any atom is -0.325 e. The van der Waals surface area contributed by atoms with Gasteiger partial charge >= 0.3 is 0 Å². The Morgan fingerprint density at radius 3 is 2.31 bits per heavy atom. The molecular formula is C23H24N2O3S. The average molecular weight is 409 g/mol. The summed E-state index contributed by atoms with van der Waals surface area (Å²) < 4.78 is 27.0. The van der Waals surface area contributed by atoms with Gasteiger partial charge in [0.25, 0.3) is 0 Å². The molecule has 4 rings (SSSR count). The Hall–Kier alpha value is -2.70. The molecule has 6 heteroatoms. The molecule has 0 aromatic heterocycles. The van der Waals surface area contributed by atoms with Crippen LogP contribution in [0.25, 0.3) is 10.8 Å². The third-order valence-corrected chi connectivity index (χ3v) is 7.22. The fourth-order valence-electron chi connectivity index (χ4n) is 3.75. The second-order valence-corrected chi connectivity index (χ2v) is 9.30. The Kier molecular flexibility index (Phi) is 5.65. The van der Waals surface area contributed by atoms with Gasteiger partial charge in [-0.25, -0.2) is 8.42 Å². The third-order valence-electron chi connectivity index (χ3n) is 5.30. The van der Waals surface area contributed by atoms with Crippen LogP contribution < -0.4 is 5.32 Å². The fourth-order valence-corrected chi connectivity index (χ4v) is 5.26. The highest BCUT2D eigenvalue weighted by atomic mass is 32.2.